The van der Waals surface area contributed by atoms with Gasteiger partial charge in [-0.3, -0.25) is 13.9 Å². The number of halogens is 2. The number of anilines is 1. The van der Waals surface area contributed by atoms with Crippen molar-refractivity contribution in [2.75, 3.05) is 23.7 Å². The van der Waals surface area contributed by atoms with Crippen LogP contribution in [0.3, 0.4) is 0 Å². The van der Waals surface area contributed by atoms with Crippen molar-refractivity contribution < 1.29 is 26.8 Å². The summed E-state index contributed by atoms with van der Waals surface area (Å²) in [6.07, 6.45) is 3.03. The van der Waals surface area contributed by atoms with Crippen molar-refractivity contribution in [2.24, 2.45) is 0 Å². The van der Waals surface area contributed by atoms with E-state index in [1.807, 2.05) is 68.4 Å². The number of carbonyl (C=O) groups is 2. The number of nitrogens with zero attached hydrogens (tertiary/aromatic N) is 2. The van der Waals surface area contributed by atoms with Crippen LogP contribution in [0, 0.1) is 18.6 Å². The zero-order chi connectivity index (χ0) is 30.7. The molecule has 10 heteroatoms. The first-order valence-electron chi connectivity index (χ1n) is 14.1. The largest absolute Gasteiger partial charge is 0.354 e. The minimum absolute atomic E-state index is 0.0300. The highest BCUT2D eigenvalue weighted by atomic mass is 32.2. The van der Waals surface area contributed by atoms with E-state index in [9.17, 15) is 26.8 Å². The predicted octanol–water partition coefficient (Wildman–Crippen LogP) is 5.38. The number of amides is 2. The summed E-state index contributed by atoms with van der Waals surface area (Å²) in [5.41, 5.74) is 2.79. The molecule has 0 saturated heterocycles. The average molecular weight is 600 g/mol. The zero-order valence-corrected chi connectivity index (χ0v) is 25.2. The normalized spacial score (nSPS) is 12.0. The van der Waals surface area contributed by atoms with E-state index in [0.717, 1.165) is 52.2 Å². The van der Waals surface area contributed by atoms with Gasteiger partial charge in [0.05, 0.1) is 11.9 Å². The van der Waals surface area contributed by atoms with E-state index in [4.69, 9.17) is 0 Å². The number of benzene rings is 3. The van der Waals surface area contributed by atoms with E-state index < -0.39 is 27.7 Å². The average Bonchev–Trinajstić information content (AvgIpc) is 2.95. The molecule has 0 bridgehead atoms. The third kappa shape index (κ3) is 9.65. The van der Waals surface area contributed by atoms with Crippen LogP contribution in [0.5, 0.6) is 0 Å². The molecule has 3 aromatic carbocycles. The van der Waals surface area contributed by atoms with Crippen molar-refractivity contribution in [3.63, 3.8) is 0 Å². The highest BCUT2D eigenvalue weighted by molar-refractivity contribution is 7.92. The topological polar surface area (TPSA) is 86.8 Å². The summed E-state index contributed by atoms with van der Waals surface area (Å²) in [4.78, 5) is 28.9. The quantitative estimate of drug-likeness (QED) is 0.238. The van der Waals surface area contributed by atoms with Gasteiger partial charge in [-0.25, -0.2) is 17.2 Å². The molecular weight excluding hydrogens is 560 g/mol. The first-order chi connectivity index (χ1) is 20.0. The maximum Gasteiger partial charge on any atom is 0.243 e. The molecule has 0 fully saturated rings. The van der Waals surface area contributed by atoms with Gasteiger partial charge in [0.1, 0.15) is 6.04 Å². The van der Waals surface area contributed by atoms with Gasteiger partial charge in [0.25, 0.3) is 0 Å². The molecule has 3 aromatic rings. The monoisotopic (exact) mass is 599 g/mol. The van der Waals surface area contributed by atoms with Crippen LogP contribution >= 0.6 is 0 Å². The molecule has 0 aliphatic carbocycles. The summed E-state index contributed by atoms with van der Waals surface area (Å²) in [5.74, 6) is -2.83. The molecule has 0 aromatic heterocycles. The number of carbonyl (C=O) groups excluding carboxylic acids is 2. The first-order valence-corrected chi connectivity index (χ1v) is 15.9. The molecule has 226 valence electrons. The lowest BCUT2D eigenvalue weighted by molar-refractivity contribution is -0.141. The van der Waals surface area contributed by atoms with Gasteiger partial charge in [0.2, 0.25) is 21.8 Å². The predicted molar refractivity (Wildman–Crippen MR) is 161 cm³/mol. The fourth-order valence-corrected chi connectivity index (χ4v) is 5.55. The van der Waals surface area contributed by atoms with Crippen LogP contribution < -0.4 is 9.62 Å². The van der Waals surface area contributed by atoms with Gasteiger partial charge in [0, 0.05) is 38.5 Å². The Bertz CT molecular complexity index is 1430. The van der Waals surface area contributed by atoms with Crippen LogP contribution in [-0.4, -0.2) is 50.5 Å². The van der Waals surface area contributed by atoms with Crippen molar-refractivity contribution in [3.05, 3.63) is 101 Å². The lowest BCUT2D eigenvalue weighted by Crippen LogP contribution is -2.50. The summed E-state index contributed by atoms with van der Waals surface area (Å²) in [6.45, 7) is 4.55. The molecule has 0 heterocycles. The van der Waals surface area contributed by atoms with Crippen molar-refractivity contribution in [2.45, 2.75) is 58.5 Å². The van der Waals surface area contributed by atoms with Gasteiger partial charge >= 0.3 is 0 Å². The molecule has 0 aliphatic rings. The Morgan fingerprint density at radius 3 is 2.21 bits per heavy atom. The van der Waals surface area contributed by atoms with Gasteiger partial charge in [-0.1, -0.05) is 73.5 Å². The Kier molecular flexibility index (Phi) is 12.0. The van der Waals surface area contributed by atoms with Crippen LogP contribution in [0.1, 0.15) is 49.3 Å². The van der Waals surface area contributed by atoms with Crippen molar-refractivity contribution in [1.29, 1.82) is 0 Å². The van der Waals surface area contributed by atoms with Crippen LogP contribution in [0.4, 0.5) is 14.5 Å². The van der Waals surface area contributed by atoms with E-state index in [-0.39, 0.29) is 43.4 Å². The SMILES string of the molecule is CCCCNC(=O)C(Cc1ccccc1)N(Cc1ccc(C)cc1)C(=O)CCCN(c1ccc(F)c(F)c1)S(C)(=O)=O. The van der Waals surface area contributed by atoms with E-state index >= 15 is 0 Å². The highest BCUT2D eigenvalue weighted by Gasteiger charge is 2.30. The van der Waals surface area contributed by atoms with E-state index in [2.05, 4.69) is 5.32 Å². The Morgan fingerprint density at radius 2 is 1.60 bits per heavy atom. The number of rotatable bonds is 15. The van der Waals surface area contributed by atoms with Crippen LogP contribution in [0.2, 0.25) is 0 Å². The Hall–Kier alpha value is -3.79. The smallest absolute Gasteiger partial charge is 0.243 e. The molecule has 0 radical (unpaired) electrons. The molecule has 0 saturated carbocycles. The molecule has 3 rings (SSSR count). The molecule has 0 aliphatic heterocycles. The molecule has 1 unspecified atom stereocenters. The maximum absolute atomic E-state index is 13.9. The van der Waals surface area contributed by atoms with Gasteiger partial charge in [0.15, 0.2) is 11.6 Å². The van der Waals surface area contributed by atoms with Crippen LogP contribution in [0.15, 0.2) is 72.8 Å². The summed E-state index contributed by atoms with van der Waals surface area (Å²) in [5, 5.41) is 2.97. The number of nitrogens with one attached hydrogen (secondary N) is 1. The van der Waals surface area contributed by atoms with E-state index in [1.165, 1.54) is 6.07 Å². The molecule has 0 spiro atoms. The number of sulfonamides is 1. The van der Waals surface area contributed by atoms with E-state index in [1.54, 1.807) is 4.90 Å². The van der Waals surface area contributed by atoms with Gasteiger partial charge in [-0.05, 0) is 43.0 Å². The maximum atomic E-state index is 13.9. The van der Waals surface area contributed by atoms with Crippen molar-refractivity contribution in [3.8, 4) is 0 Å². The molecular formula is C32H39F2N3O4S. The van der Waals surface area contributed by atoms with Crippen LogP contribution in [-0.2, 0) is 32.6 Å². The Labute approximate surface area is 247 Å². The Balaban J connectivity index is 1.87. The lowest BCUT2D eigenvalue weighted by Gasteiger charge is -2.32. The standard InChI is InChI=1S/C32H39F2N3O4S/c1-4-5-19-35-32(39)30(21-25-10-7-6-8-11-25)36(23-26-15-13-24(2)14-16-26)31(38)12-9-20-37(42(3,40)41)27-17-18-28(33)29(34)22-27/h6-8,10-11,13-18,22,30H,4-5,9,12,19-21,23H2,1-3H3,(H,35,39). The fraction of sp³-hybridized carbons (Fsp3) is 0.375. The Morgan fingerprint density at radius 1 is 0.905 bits per heavy atom. The number of unbranched alkanes of at least 4 members (excludes halogenated alkanes) is 1. The third-order valence-electron chi connectivity index (χ3n) is 6.92. The highest BCUT2D eigenvalue weighted by Crippen LogP contribution is 2.22. The molecule has 42 heavy (non-hydrogen) atoms. The molecule has 7 nitrogen and oxygen atoms in total. The molecule has 2 amide bonds. The van der Waals surface area contributed by atoms with Gasteiger partial charge in [-0.15, -0.1) is 0 Å². The third-order valence-corrected chi connectivity index (χ3v) is 8.11. The zero-order valence-electron chi connectivity index (χ0n) is 24.4. The fourth-order valence-electron chi connectivity index (χ4n) is 4.59. The van der Waals surface area contributed by atoms with E-state index in [0.29, 0.717) is 13.0 Å². The second-order valence-corrected chi connectivity index (χ2v) is 12.3. The van der Waals surface area contributed by atoms with Crippen molar-refractivity contribution in [1.82, 2.24) is 10.2 Å². The molecule has 1 N–H and O–H groups in total. The number of hydrogen-bond acceptors (Lipinski definition) is 4. The van der Waals surface area contributed by atoms with Gasteiger partial charge in [-0.2, -0.15) is 0 Å². The van der Waals surface area contributed by atoms with Crippen LogP contribution in [0.25, 0.3) is 0 Å². The summed E-state index contributed by atoms with van der Waals surface area (Å²) in [7, 11) is -3.85. The van der Waals surface area contributed by atoms with Gasteiger partial charge < -0.3 is 10.2 Å². The minimum Gasteiger partial charge on any atom is -0.354 e. The lowest BCUT2D eigenvalue weighted by atomic mass is 10.0. The van der Waals surface area contributed by atoms with Crippen molar-refractivity contribution >= 4 is 27.5 Å². The second kappa shape index (κ2) is 15.4. The summed E-state index contributed by atoms with van der Waals surface area (Å²) >= 11 is 0. The number of hydrogen-bond donors (Lipinski definition) is 1. The summed E-state index contributed by atoms with van der Waals surface area (Å²) in [6, 6.07) is 19.2. The second-order valence-electron chi connectivity index (χ2n) is 10.4. The minimum atomic E-state index is -3.85. The first kappa shape index (κ1) is 32.7. The number of aryl methyl sites for hydroxylation is 1. The molecule has 1 atom stereocenters. The summed E-state index contributed by atoms with van der Waals surface area (Å²) < 4.78 is 53.3.